The summed E-state index contributed by atoms with van der Waals surface area (Å²) in [4.78, 5) is 3.90. The summed E-state index contributed by atoms with van der Waals surface area (Å²) < 4.78 is 15.0. The predicted octanol–water partition coefficient (Wildman–Crippen LogP) is 10.8. The minimum atomic E-state index is 0.492. The Bertz CT molecular complexity index is 2500. The molecule has 0 aliphatic carbocycles. The van der Waals surface area contributed by atoms with E-state index in [4.69, 9.17) is 15.4 Å². The van der Waals surface area contributed by atoms with Crippen molar-refractivity contribution in [3.63, 3.8) is 0 Å². The van der Waals surface area contributed by atoms with Gasteiger partial charge in [0.2, 0.25) is 5.69 Å². The molecule has 9 rings (SSSR count). The summed E-state index contributed by atoms with van der Waals surface area (Å²) in [5.41, 5.74) is 8.71. The van der Waals surface area contributed by atoms with Gasteiger partial charge < -0.3 is 13.4 Å². The molecule has 3 heterocycles. The quantitative estimate of drug-likeness (QED) is 0.211. The third-order valence-corrected chi connectivity index (χ3v) is 8.21. The summed E-state index contributed by atoms with van der Waals surface area (Å²) in [6.07, 6.45) is 0. The number of rotatable bonds is 2. The van der Waals surface area contributed by atoms with Crippen LogP contribution in [0.25, 0.3) is 87.3 Å². The average molecular weight is 525 g/mol. The highest BCUT2D eigenvalue weighted by Gasteiger charge is 2.20. The molecule has 0 bridgehead atoms. The van der Waals surface area contributed by atoms with Crippen molar-refractivity contribution in [3.05, 3.63) is 133 Å². The van der Waals surface area contributed by atoms with Crippen LogP contribution in [0, 0.1) is 6.57 Å². The number of furan rings is 2. The van der Waals surface area contributed by atoms with Gasteiger partial charge in [0.1, 0.15) is 16.7 Å². The summed E-state index contributed by atoms with van der Waals surface area (Å²) >= 11 is 0. The average Bonchev–Trinajstić information content (AvgIpc) is 3.70. The zero-order chi connectivity index (χ0) is 27.1. The van der Waals surface area contributed by atoms with Crippen molar-refractivity contribution in [2.75, 3.05) is 0 Å². The number of para-hydroxylation sites is 4. The molecule has 0 N–H and O–H groups in total. The van der Waals surface area contributed by atoms with E-state index in [9.17, 15) is 0 Å². The molecule has 0 saturated heterocycles. The first-order valence-electron chi connectivity index (χ1n) is 13.6. The smallest absolute Gasteiger partial charge is 0.230 e. The lowest BCUT2D eigenvalue weighted by atomic mass is 10.00. The molecule has 0 unspecified atom stereocenters. The van der Waals surface area contributed by atoms with Crippen LogP contribution in [-0.2, 0) is 0 Å². The largest absolute Gasteiger partial charge is 0.465 e. The fourth-order valence-electron chi connectivity index (χ4n) is 6.38. The Morgan fingerprint density at radius 2 is 1.17 bits per heavy atom. The number of hydrogen-bond acceptors (Lipinski definition) is 2. The Morgan fingerprint density at radius 1 is 0.488 bits per heavy atom. The highest BCUT2D eigenvalue weighted by molar-refractivity contribution is 6.15. The van der Waals surface area contributed by atoms with E-state index >= 15 is 0 Å². The molecule has 3 aromatic heterocycles. The van der Waals surface area contributed by atoms with Gasteiger partial charge >= 0.3 is 0 Å². The van der Waals surface area contributed by atoms with Crippen molar-refractivity contribution in [1.29, 1.82) is 0 Å². The summed E-state index contributed by atoms with van der Waals surface area (Å²) in [5.74, 6) is 0. The number of hydrogen-bond donors (Lipinski definition) is 0. The first-order valence-corrected chi connectivity index (χ1v) is 13.6. The van der Waals surface area contributed by atoms with Gasteiger partial charge in [-0.05, 0) is 59.7 Å². The molecule has 0 aliphatic rings. The normalized spacial score (nSPS) is 11.9. The van der Waals surface area contributed by atoms with Gasteiger partial charge in [0.05, 0.1) is 23.3 Å². The van der Waals surface area contributed by atoms with Crippen LogP contribution in [0.4, 0.5) is 5.69 Å². The van der Waals surface area contributed by atoms with Crippen molar-refractivity contribution in [1.82, 2.24) is 4.57 Å². The second kappa shape index (κ2) is 8.11. The summed E-state index contributed by atoms with van der Waals surface area (Å²) in [7, 11) is 0. The summed E-state index contributed by atoms with van der Waals surface area (Å²) in [6.45, 7) is 8.01. The van der Waals surface area contributed by atoms with E-state index in [0.717, 1.165) is 66.1 Å². The number of aromatic nitrogens is 1. The van der Waals surface area contributed by atoms with Crippen LogP contribution >= 0.6 is 0 Å². The molecular formula is C37H20N2O2. The molecule has 0 amide bonds. The summed E-state index contributed by atoms with van der Waals surface area (Å²) in [6, 6.07) is 41.6. The van der Waals surface area contributed by atoms with E-state index in [2.05, 4.69) is 106 Å². The highest BCUT2D eigenvalue weighted by Crippen LogP contribution is 2.43. The Morgan fingerprint density at radius 3 is 1.95 bits per heavy atom. The minimum Gasteiger partial charge on any atom is -0.465 e. The molecule has 0 spiro atoms. The molecule has 6 aromatic carbocycles. The molecule has 0 radical (unpaired) electrons. The van der Waals surface area contributed by atoms with E-state index in [0.29, 0.717) is 11.3 Å². The standard InChI is InChI=1S/C37H20N2O2/c1-38-30-20-23(22-17-18-27-26-11-4-7-16-34(26)40-35(27)21-22)19-29-28-12-8-15-33(37(28)41-36(29)30)39-31-13-5-2-9-24(31)25-10-3-6-14-32(25)39/h2-21H. The molecule has 9 aromatic rings. The van der Waals surface area contributed by atoms with Gasteiger partial charge in [-0.1, -0.05) is 72.8 Å². The van der Waals surface area contributed by atoms with Gasteiger partial charge in [-0.25, -0.2) is 4.85 Å². The van der Waals surface area contributed by atoms with E-state index < -0.39 is 0 Å². The maximum absolute atomic E-state index is 8.01. The lowest BCUT2D eigenvalue weighted by molar-refractivity contribution is 0.668. The van der Waals surface area contributed by atoms with E-state index in [1.54, 1.807) is 0 Å². The molecule has 4 heteroatoms. The van der Waals surface area contributed by atoms with Gasteiger partial charge in [0.15, 0.2) is 5.58 Å². The zero-order valence-corrected chi connectivity index (χ0v) is 21.8. The van der Waals surface area contributed by atoms with Crippen molar-refractivity contribution in [2.45, 2.75) is 0 Å². The van der Waals surface area contributed by atoms with E-state index in [1.807, 2.05) is 24.3 Å². The van der Waals surface area contributed by atoms with Crippen LogP contribution in [0.3, 0.4) is 0 Å². The lowest BCUT2D eigenvalue weighted by Gasteiger charge is -2.08. The SMILES string of the molecule is [C-]#[N+]c1cc(-c2ccc3c(c2)oc2ccccc23)cc2c1oc1c(-n3c4ccccc4c4ccccc43)cccc12. The number of nitrogens with zero attached hydrogens (tertiary/aromatic N) is 2. The third kappa shape index (κ3) is 3.03. The molecule has 0 fully saturated rings. The molecule has 41 heavy (non-hydrogen) atoms. The zero-order valence-electron chi connectivity index (χ0n) is 21.8. The molecule has 0 aliphatic heterocycles. The van der Waals surface area contributed by atoms with Gasteiger partial charge in [-0.15, -0.1) is 0 Å². The maximum Gasteiger partial charge on any atom is 0.230 e. The Balaban J connectivity index is 1.31. The van der Waals surface area contributed by atoms with Crippen molar-refractivity contribution < 1.29 is 8.83 Å². The third-order valence-electron chi connectivity index (χ3n) is 8.21. The molecule has 0 atom stereocenters. The first-order chi connectivity index (χ1) is 20.3. The monoisotopic (exact) mass is 524 g/mol. The fraction of sp³-hybridized carbons (Fsp3) is 0. The second-order valence-corrected chi connectivity index (χ2v) is 10.4. The van der Waals surface area contributed by atoms with Crippen molar-refractivity contribution in [3.8, 4) is 16.8 Å². The Hall–Kier alpha value is -5.79. The van der Waals surface area contributed by atoms with Crippen molar-refractivity contribution in [2.24, 2.45) is 0 Å². The molecular weight excluding hydrogens is 504 g/mol. The molecule has 4 nitrogen and oxygen atoms in total. The van der Waals surface area contributed by atoms with Crippen LogP contribution in [0.1, 0.15) is 0 Å². The minimum absolute atomic E-state index is 0.492. The Kier molecular flexibility index (Phi) is 4.37. The second-order valence-electron chi connectivity index (χ2n) is 10.4. The highest BCUT2D eigenvalue weighted by atomic mass is 16.3. The van der Waals surface area contributed by atoms with E-state index in [1.165, 1.54) is 10.8 Å². The predicted molar refractivity (Wildman–Crippen MR) is 167 cm³/mol. The topological polar surface area (TPSA) is 35.6 Å². The van der Waals surface area contributed by atoms with Gasteiger partial charge in [-0.2, -0.15) is 0 Å². The van der Waals surface area contributed by atoms with Crippen LogP contribution < -0.4 is 0 Å². The lowest BCUT2D eigenvalue weighted by Crippen LogP contribution is -1.93. The molecule has 0 saturated carbocycles. The Labute approximate surface area is 234 Å². The van der Waals surface area contributed by atoms with Crippen molar-refractivity contribution >= 4 is 71.4 Å². The van der Waals surface area contributed by atoms with Crippen LogP contribution in [-0.4, -0.2) is 4.57 Å². The summed E-state index contributed by atoms with van der Waals surface area (Å²) in [5, 5.41) is 6.49. The molecule has 190 valence electrons. The van der Waals surface area contributed by atoms with Gasteiger partial charge in [-0.3, -0.25) is 0 Å². The van der Waals surface area contributed by atoms with E-state index in [-0.39, 0.29) is 0 Å². The fourth-order valence-corrected chi connectivity index (χ4v) is 6.38. The maximum atomic E-state index is 8.01. The van der Waals surface area contributed by atoms with Crippen LogP contribution in [0.5, 0.6) is 0 Å². The van der Waals surface area contributed by atoms with Crippen LogP contribution in [0.15, 0.2) is 130 Å². The van der Waals surface area contributed by atoms with Gasteiger partial charge in [0, 0.05) is 32.3 Å². The van der Waals surface area contributed by atoms with Crippen LogP contribution in [0.2, 0.25) is 0 Å². The number of benzene rings is 6. The van der Waals surface area contributed by atoms with Gasteiger partial charge in [0.25, 0.3) is 0 Å². The first kappa shape index (κ1) is 22.1. The number of fused-ring (bicyclic) bond motifs is 9.